The predicted octanol–water partition coefficient (Wildman–Crippen LogP) is 5.47. The van der Waals surface area contributed by atoms with Crippen molar-refractivity contribution < 1.29 is 19.4 Å². The average Bonchev–Trinajstić information content (AvgIpc) is 2.81. The van der Waals surface area contributed by atoms with E-state index in [-0.39, 0.29) is 11.5 Å². The number of ketones is 2. The quantitative estimate of drug-likeness (QED) is 0.184. The van der Waals surface area contributed by atoms with E-state index >= 15 is 0 Å². The first-order chi connectivity index (χ1) is 16.0. The van der Waals surface area contributed by atoms with Gasteiger partial charge in [0.05, 0.1) is 15.9 Å². The summed E-state index contributed by atoms with van der Waals surface area (Å²) in [5, 5.41) is 22.4. The number of carbonyl (C=O) groups excluding carboxylic acids is 2. The molecule has 0 bridgehead atoms. The van der Waals surface area contributed by atoms with E-state index in [1.165, 1.54) is 11.1 Å². The van der Waals surface area contributed by atoms with E-state index in [9.17, 15) is 29.8 Å². The number of benzene rings is 2. The van der Waals surface area contributed by atoms with Crippen LogP contribution in [0.2, 0.25) is 0 Å². The van der Waals surface area contributed by atoms with Crippen molar-refractivity contribution in [2.75, 3.05) is 0 Å². The van der Waals surface area contributed by atoms with Gasteiger partial charge in [-0.3, -0.25) is 29.8 Å². The fraction of sp³-hybridized carbons (Fsp3) is 0.385. The highest BCUT2D eigenvalue weighted by atomic mass is 16.6. The molecule has 8 heteroatoms. The Kier molecular flexibility index (Phi) is 5.93. The third-order valence-corrected chi connectivity index (χ3v) is 7.36. The Balaban J connectivity index is 1.68. The lowest BCUT2D eigenvalue weighted by atomic mass is 9.56. The maximum atomic E-state index is 13.4. The smallest absolute Gasteiger partial charge is 0.277 e. The van der Waals surface area contributed by atoms with E-state index in [0.29, 0.717) is 12.3 Å². The van der Waals surface area contributed by atoms with E-state index in [1.54, 1.807) is 0 Å². The Morgan fingerprint density at radius 3 is 2.26 bits per heavy atom. The van der Waals surface area contributed by atoms with Crippen LogP contribution in [-0.4, -0.2) is 21.4 Å². The Morgan fingerprint density at radius 2 is 1.68 bits per heavy atom. The topological polar surface area (TPSA) is 120 Å². The monoisotopic (exact) mass is 462 g/mol. The lowest BCUT2D eigenvalue weighted by Gasteiger charge is -2.47. The van der Waals surface area contributed by atoms with Crippen molar-refractivity contribution in [2.24, 2.45) is 11.8 Å². The molecule has 2 aliphatic carbocycles. The number of nitro benzene ring substituents is 2. The highest BCUT2D eigenvalue weighted by molar-refractivity contribution is 6.44. The second kappa shape index (κ2) is 8.59. The largest absolute Gasteiger partial charge is 0.290 e. The van der Waals surface area contributed by atoms with Crippen LogP contribution in [0.25, 0.3) is 0 Å². The first kappa shape index (κ1) is 23.5. The van der Waals surface area contributed by atoms with Gasteiger partial charge < -0.3 is 0 Å². The summed E-state index contributed by atoms with van der Waals surface area (Å²) < 4.78 is 0. The summed E-state index contributed by atoms with van der Waals surface area (Å²) in [6.45, 7) is 6.38. The molecule has 0 radical (unpaired) electrons. The molecule has 4 rings (SSSR count). The molecule has 0 saturated heterocycles. The van der Waals surface area contributed by atoms with Crippen LogP contribution in [0.15, 0.2) is 48.6 Å². The van der Waals surface area contributed by atoms with Crippen molar-refractivity contribution in [3.05, 3.63) is 91.0 Å². The summed E-state index contributed by atoms with van der Waals surface area (Å²) in [4.78, 5) is 47.3. The molecule has 0 heterocycles. The normalized spacial score (nSPS) is 23.2. The van der Waals surface area contributed by atoms with Crippen molar-refractivity contribution in [3.63, 3.8) is 0 Å². The molecule has 0 N–H and O–H groups in total. The molecule has 2 aromatic rings. The standard InChI is InChI=1S/C26H26N2O6/c1-15(2)16-6-8-22-17(11-16)7-9-23-21(5-4-10-26(22,23)3)25(30)24(29)18-12-19(27(31)32)14-20(13-18)28(33)34/h4,6,8,10-15,21,23H,5,7,9H2,1-3H3/t21-,23?,26?/m1/s1. The number of hydrogen-bond donors (Lipinski definition) is 0. The van der Waals surface area contributed by atoms with Crippen LogP contribution in [0.3, 0.4) is 0 Å². The van der Waals surface area contributed by atoms with Gasteiger partial charge in [-0.25, -0.2) is 0 Å². The summed E-state index contributed by atoms with van der Waals surface area (Å²) in [6, 6.07) is 9.13. The number of allylic oxidation sites excluding steroid dienone is 2. The third kappa shape index (κ3) is 3.93. The van der Waals surface area contributed by atoms with E-state index in [1.807, 2.05) is 6.08 Å². The van der Waals surface area contributed by atoms with Crippen molar-refractivity contribution in [1.29, 1.82) is 0 Å². The summed E-state index contributed by atoms with van der Waals surface area (Å²) in [6.07, 6.45) is 5.96. The van der Waals surface area contributed by atoms with Crippen LogP contribution < -0.4 is 0 Å². The van der Waals surface area contributed by atoms with E-state index in [0.717, 1.165) is 36.6 Å². The van der Waals surface area contributed by atoms with Gasteiger partial charge in [0.25, 0.3) is 11.4 Å². The van der Waals surface area contributed by atoms with Gasteiger partial charge in [-0.15, -0.1) is 0 Å². The Bertz CT molecular complexity index is 1220. The van der Waals surface area contributed by atoms with Crippen molar-refractivity contribution in [2.45, 2.75) is 51.4 Å². The Hall–Kier alpha value is -3.68. The molecule has 176 valence electrons. The van der Waals surface area contributed by atoms with Gasteiger partial charge in [-0.1, -0.05) is 51.1 Å². The van der Waals surface area contributed by atoms with Crippen LogP contribution in [0, 0.1) is 32.1 Å². The highest BCUT2D eigenvalue weighted by Crippen LogP contribution is 2.50. The molecule has 0 fully saturated rings. The lowest BCUT2D eigenvalue weighted by molar-refractivity contribution is -0.394. The lowest BCUT2D eigenvalue weighted by Crippen LogP contribution is -2.45. The summed E-state index contributed by atoms with van der Waals surface area (Å²) in [7, 11) is 0. The number of hydrogen-bond acceptors (Lipinski definition) is 6. The fourth-order valence-corrected chi connectivity index (χ4v) is 5.51. The Labute approximate surface area is 197 Å². The number of carbonyl (C=O) groups is 2. The molecule has 8 nitrogen and oxygen atoms in total. The molecule has 0 amide bonds. The number of Topliss-reactive ketones (excluding diaryl/α,β-unsaturated/α-hetero) is 2. The van der Waals surface area contributed by atoms with Crippen LogP contribution in [-0.2, 0) is 16.6 Å². The number of non-ortho nitro benzene ring substituents is 2. The molecular formula is C26H26N2O6. The number of rotatable bonds is 6. The molecule has 0 aromatic heterocycles. The Morgan fingerprint density at radius 1 is 1.03 bits per heavy atom. The first-order valence-electron chi connectivity index (χ1n) is 11.4. The number of fused-ring (bicyclic) bond motifs is 3. The van der Waals surface area contributed by atoms with E-state index in [2.05, 4.69) is 45.0 Å². The number of nitrogens with zero attached hydrogens (tertiary/aromatic N) is 2. The zero-order chi connectivity index (χ0) is 24.8. The van der Waals surface area contributed by atoms with Crippen LogP contribution in [0.5, 0.6) is 0 Å². The predicted molar refractivity (Wildman–Crippen MR) is 126 cm³/mol. The summed E-state index contributed by atoms with van der Waals surface area (Å²) in [5.74, 6) is -1.88. The molecule has 2 aliphatic rings. The van der Waals surface area contributed by atoms with Crippen molar-refractivity contribution in [3.8, 4) is 0 Å². The highest BCUT2D eigenvalue weighted by Gasteiger charge is 2.47. The van der Waals surface area contributed by atoms with Gasteiger partial charge >= 0.3 is 0 Å². The molecular weight excluding hydrogens is 436 g/mol. The number of aryl methyl sites for hydroxylation is 1. The molecule has 2 aromatic carbocycles. The maximum absolute atomic E-state index is 13.4. The maximum Gasteiger partial charge on any atom is 0.277 e. The number of nitro groups is 2. The average molecular weight is 463 g/mol. The molecule has 0 aliphatic heterocycles. The van der Waals surface area contributed by atoms with Gasteiger partial charge in [0, 0.05) is 29.0 Å². The van der Waals surface area contributed by atoms with Crippen LogP contribution >= 0.6 is 0 Å². The van der Waals surface area contributed by atoms with Gasteiger partial charge in [0.15, 0.2) is 0 Å². The zero-order valence-electron chi connectivity index (χ0n) is 19.3. The van der Waals surface area contributed by atoms with Crippen LogP contribution in [0.1, 0.15) is 66.6 Å². The second-order valence-electron chi connectivity index (χ2n) is 9.69. The van der Waals surface area contributed by atoms with Crippen LogP contribution in [0.4, 0.5) is 11.4 Å². The zero-order valence-corrected chi connectivity index (χ0v) is 19.3. The fourth-order valence-electron chi connectivity index (χ4n) is 5.51. The summed E-state index contributed by atoms with van der Waals surface area (Å²) >= 11 is 0. The second-order valence-corrected chi connectivity index (χ2v) is 9.69. The van der Waals surface area contributed by atoms with Crippen molar-refractivity contribution >= 4 is 22.9 Å². The molecule has 0 saturated carbocycles. The van der Waals surface area contributed by atoms with Crippen molar-refractivity contribution in [1.82, 2.24) is 0 Å². The minimum atomic E-state index is -0.921. The van der Waals surface area contributed by atoms with Gasteiger partial charge in [-0.2, -0.15) is 0 Å². The van der Waals surface area contributed by atoms with Gasteiger partial charge in [-0.05, 0) is 47.8 Å². The molecule has 0 spiro atoms. The first-order valence-corrected chi connectivity index (χ1v) is 11.4. The molecule has 2 unspecified atom stereocenters. The molecule has 3 atom stereocenters. The minimum Gasteiger partial charge on any atom is -0.290 e. The minimum absolute atomic E-state index is 0.111. The third-order valence-electron chi connectivity index (χ3n) is 7.36. The molecule has 34 heavy (non-hydrogen) atoms. The van der Waals surface area contributed by atoms with E-state index < -0.39 is 44.1 Å². The van der Waals surface area contributed by atoms with E-state index in [4.69, 9.17) is 0 Å². The van der Waals surface area contributed by atoms with Gasteiger partial charge in [0.1, 0.15) is 0 Å². The van der Waals surface area contributed by atoms with Gasteiger partial charge in [0.2, 0.25) is 11.6 Å². The SMILES string of the molecule is CC(C)c1ccc2c(c1)CCC1[C@H](C(=O)C(=O)c3cc([N+](=O)[O-])cc([N+](=O)[O-])c3)CC=CC21C. The summed E-state index contributed by atoms with van der Waals surface area (Å²) in [5.41, 5.74) is 1.74.